The predicted octanol–water partition coefficient (Wildman–Crippen LogP) is -1.11. The van der Waals surface area contributed by atoms with Gasteiger partial charge in [0.15, 0.2) is 5.82 Å². The normalized spacial score (nSPS) is 17.5. The molecule has 0 aliphatic carbocycles. The molecular formula is C15H20BN5O5. The van der Waals surface area contributed by atoms with Crippen LogP contribution in [0.1, 0.15) is 5.69 Å². The van der Waals surface area contributed by atoms with Gasteiger partial charge in [0.05, 0.1) is 31.5 Å². The number of fused-ring (bicyclic) bond motifs is 1. The van der Waals surface area contributed by atoms with E-state index in [0.717, 1.165) is 38.5 Å². The van der Waals surface area contributed by atoms with Crippen LogP contribution in [-0.4, -0.2) is 62.4 Å². The van der Waals surface area contributed by atoms with Crippen molar-refractivity contribution >= 4 is 18.8 Å². The number of hydrogen-bond donors (Lipinski definition) is 3. The summed E-state index contributed by atoms with van der Waals surface area (Å²) in [6.45, 7) is 4.05. The maximum absolute atomic E-state index is 12.3. The Kier molecular flexibility index (Phi) is 4.45. The van der Waals surface area contributed by atoms with Gasteiger partial charge in [-0.05, 0) is 0 Å². The van der Waals surface area contributed by atoms with Crippen molar-refractivity contribution in [2.45, 2.75) is 19.1 Å². The van der Waals surface area contributed by atoms with E-state index in [9.17, 15) is 4.79 Å². The van der Waals surface area contributed by atoms with Gasteiger partial charge in [-0.2, -0.15) is 5.10 Å². The summed E-state index contributed by atoms with van der Waals surface area (Å²) in [4.78, 5) is 14.7. The van der Waals surface area contributed by atoms with Gasteiger partial charge in [-0.1, -0.05) is 0 Å². The molecule has 2 aliphatic rings. The third-order valence-electron chi connectivity index (χ3n) is 4.63. The summed E-state index contributed by atoms with van der Waals surface area (Å²) in [6.07, 6.45) is 1.38. The van der Waals surface area contributed by atoms with Crippen molar-refractivity contribution < 1.29 is 19.4 Å². The third-order valence-corrected chi connectivity index (χ3v) is 4.63. The van der Waals surface area contributed by atoms with E-state index in [2.05, 4.69) is 15.3 Å². The van der Waals surface area contributed by atoms with Crippen molar-refractivity contribution in [3.63, 3.8) is 0 Å². The van der Waals surface area contributed by atoms with Crippen molar-refractivity contribution in [3.8, 4) is 5.75 Å². The van der Waals surface area contributed by atoms with Gasteiger partial charge in [0, 0.05) is 38.5 Å². The Hall–Kier alpha value is -2.34. The molecule has 2 aliphatic heterocycles. The van der Waals surface area contributed by atoms with Gasteiger partial charge in [0.25, 0.3) is 5.56 Å². The van der Waals surface area contributed by atoms with Gasteiger partial charge >= 0.3 is 7.32 Å². The summed E-state index contributed by atoms with van der Waals surface area (Å²) < 4.78 is 13.3. The van der Waals surface area contributed by atoms with Crippen LogP contribution >= 0.6 is 0 Å². The molecule has 3 N–H and O–H groups in total. The van der Waals surface area contributed by atoms with Gasteiger partial charge in [-0.25, -0.2) is 0 Å². The molecule has 1 fully saturated rings. The van der Waals surface area contributed by atoms with Crippen LogP contribution < -0.4 is 15.5 Å². The van der Waals surface area contributed by atoms with Crippen LogP contribution in [0.3, 0.4) is 0 Å². The Balaban J connectivity index is 1.54. The van der Waals surface area contributed by atoms with E-state index in [0.29, 0.717) is 11.9 Å². The Morgan fingerprint density at radius 3 is 2.85 bits per heavy atom. The van der Waals surface area contributed by atoms with Crippen molar-refractivity contribution in [2.75, 3.05) is 25.1 Å². The van der Waals surface area contributed by atoms with E-state index in [1.165, 1.54) is 16.8 Å². The van der Waals surface area contributed by atoms with E-state index < -0.39 is 7.32 Å². The van der Waals surface area contributed by atoms with Crippen LogP contribution in [0.5, 0.6) is 5.75 Å². The average molecular weight is 361 g/mol. The van der Waals surface area contributed by atoms with Crippen LogP contribution in [0, 0.1) is 0 Å². The minimum atomic E-state index is -1.96. The molecule has 1 saturated heterocycles. The van der Waals surface area contributed by atoms with E-state index in [1.54, 1.807) is 7.05 Å². The molecule has 0 atom stereocenters. The zero-order chi connectivity index (χ0) is 18.3. The van der Waals surface area contributed by atoms with Crippen molar-refractivity contribution in [3.05, 3.63) is 34.4 Å². The predicted molar refractivity (Wildman–Crippen MR) is 93.0 cm³/mol. The quantitative estimate of drug-likeness (QED) is 0.575. The fourth-order valence-corrected chi connectivity index (χ4v) is 3.19. The topological polar surface area (TPSA) is 114 Å². The second-order valence-corrected chi connectivity index (χ2v) is 6.48. The highest BCUT2D eigenvalue weighted by Gasteiger charge is 2.29. The fraction of sp³-hybridized carbons (Fsp3) is 0.467. The highest BCUT2D eigenvalue weighted by molar-refractivity contribution is 6.33. The number of aromatic nitrogens is 3. The summed E-state index contributed by atoms with van der Waals surface area (Å²) in [7, 11) is -0.400. The zero-order valence-electron chi connectivity index (χ0n) is 14.3. The van der Waals surface area contributed by atoms with Crippen molar-refractivity contribution in [1.82, 2.24) is 19.2 Å². The molecule has 0 radical (unpaired) electrons. The Morgan fingerprint density at radius 2 is 2.15 bits per heavy atom. The number of nitrogens with zero attached hydrogens (tertiary/aromatic N) is 4. The molecule has 0 bridgehead atoms. The number of aryl methyl sites for hydroxylation is 1. The Morgan fingerprint density at radius 1 is 1.35 bits per heavy atom. The highest BCUT2D eigenvalue weighted by atomic mass is 16.6. The second kappa shape index (κ2) is 6.76. The first-order chi connectivity index (χ1) is 12.5. The number of hydrogen-bond acceptors (Lipinski definition) is 8. The number of pyridine rings is 1. The van der Waals surface area contributed by atoms with Gasteiger partial charge in [-0.15, -0.1) is 0 Å². The third kappa shape index (κ3) is 3.34. The van der Waals surface area contributed by atoms with Crippen LogP contribution in [0.2, 0.25) is 0 Å². The molecule has 4 rings (SSSR count). The van der Waals surface area contributed by atoms with Gasteiger partial charge in [0.1, 0.15) is 11.4 Å². The average Bonchev–Trinajstić information content (AvgIpc) is 2.91. The minimum Gasteiger partial charge on any atom is -0.511 e. The SMILES string of the molecule is Cn1cc(OB(O)O)cc(Nc2cc3n(n2)CCN(C2COC2)C3)c1=O. The van der Waals surface area contributed by atoms with E-state index in [-0.39, 0.29) is 17.0 Å². The lowest BCUT2D eigenvalue weighted by atomic mass is 10.2. The summed E-state index contributed by atoms with van der Waals surface area (Å²) in [5.74, 6) is 0.718. The van der Waals surface area contributed by atoms with Gasteiger partial charge in [-0.3, -0.25) is 14.4 Å². The molecular weight excluding hydrogens is 341 g/mol. The number of ether oxygens (including phenoxy) is 1. The second-order valence-electron chi connectivity index (χ2n) is 6.48. The molecule has 11 heteroatoms. The van der Waals surface area contributed by atoms with E-state index >= 15 is 0 Å². The van der Waals surface area contributed by atoms with Gasteiger partial charge < -0.3 is 29.3 Å². The molecule has 0 aromatic carbocycles. The number of rotatable bonds is 5. The van der Waals surface area contributed by atoms with Crippen LogP contribution in [0.15, 0.2) is 23.1 Å². The number of anilines is 2. The molecule has 138 valence electrons. The van der Waals surface area contributed by atoms with Crippen LogP contribution in [0.4, 0.5) is 11.5 Å². The molecule has 4 heterocycles. The molecule has 2 aromatic rings. The largest absolute Gasteiger partial charge is 0.707 e. The van der Waals surface area contributed by atoms with Crippen LogP contribution in [-0.2, 0) is 24.9 Å². The lowest BCUT2D eigenvalue weighted by Gasteiger charge is -2.39. The molecule has 0 saturated carbocycles. The maximum atomic E-state index is 12.3. The van der Waals surface area contributed by atoms with Crippen molar-refractivity contribution in [2.24, 2.45) is 7.05 Å². The summed E-state index contributed by atoms with van der Waals surface area (Å²) in [5, 5.41) is 25.4. The molecule has 0 amide bonds. The lowest BCUT2D eigenvalue weighted by Crippen LogP contribution is -2.51. The van der Waals surface area contributed by atoms with Crippen LogP contribution in [0.25, 0.3) is 0 Å². The summed E-state index contributed by atoms with van der Waals surface area (Å²) >= 11 is 0. The van der Waals surface area contributed by atoms with Gasteiger partial charge in [0.2, 0.25) is 0 Å². The molecule has 2 aromatic heterocycles. The molecule has 0 spiro atoms. The minimum absolute atomic E-state index is 0.157. The molecule has 26 heavy (non-hydrogen) atoms. The maximum Gasteiger partial charge on any atom is 0.707 e. The first kappa shape index (κ1) is 17.1. The Bertz CT molecular complexity index is 863. The smallest absolute Gasteiger partial charge is 0.511 e. The van der Waals surface area contributed by atoms with E-state index in [1.807, 2.05) is 10.7 Å². The zero-order valence-corrected chi connectivity index (χ0v) is 14.3. The first-order valence-electron chi connectivity index (χ1n) is 8.38. The highest BCUT2D eigenvalue weighted by Crippen LogP contribution is 2.23. The molecule has 10 nitrogen and oxygen atoms in total. The summed E-state index contributed by atoms with van der Waals surface area (Å²) in [5.41, 5.74) is 1.04. The molecule has 0 unspecified atom stereocenters. The lowest BCUT2D eigenvalue weighted by molar-refractivity contribution is -0.0735. The van der Waals surface area contributed by atoms with Crippen molar-refractivity contribution in [1.29, 1.82) is 0 Å². The standard InChI is InChI=1S/C15H20BN5O5/c1-19-7-12(26-16(23)24)5-13(15(19)22)17-14-4-10-6-20(11-8-25-9-11)2-3-21(10)18-14/h4-5,7,11,23-24H,2-3,6,8-9H2,1H3,(H,17,18). The Labute approximate surface area is 149 Å². The van der Waals surface area contributed by atoms with E-state index in [4.69, 9.17) is 19.4 Å². The summed E-state index contributed by atoms with van der Waals surface area (Å²) in [6, 6.07) is 3.80. The fourth-order valence-electron chi connectivity index (χ4n) is 3.19. The number of nitrogens with one attached hydrogen (secondary N) is 1. The monoisotopic (exact) mass is 361 g/mol. The first-order valence-corrected chi connectivity index (χ1v) is 8.38.